The van der Waals surface area contributed by atoms with E-state index in [4.69, 9.17) is 0 Å². The lowest BCUT2D eigenvalue weighted by atomic mass is 9.90. The van der Waals surface area contributed by atoms with Crippen LogP contribution in [-0.4, -0.2) is 25.0 Å². The minimum Gasteiger partial charge on any atom is -0.365 e. The van der Waals surface area contributed by atoms with Crippen molar-refractivity contribution in [1.82, 2.24) is 5.32 Å². The first-order valence-electron chi connectivity index (χ1n) is 6.76. The molecule has 3 rings (SSSR count). The van der Waals surface area contributed by atoms with Gasteiger partial charge in [-0.05, 0) is 37.5 Å². The number of carbonyl (C=O) groups excluding carboxylic acids is 1. The summed E-state index contributed by atoms with van der Waals surface area (Å²) in [5, 5.41) is 12.3. The number of piperidine rings is 1. The summed E-state index contributed by atoms with van der Waals surface area (Å²) in [6.45, 7) is 3.61. The van der Waals surface area contributed by atoms with Crippen molar-refractivity contribution in [2.75, 3.05) is 18.0 Å². The van der Waals surface area contributed by atoms with Crippen LogP contribution in [0.5, 0.6) is 0 Å². The molecule has 0 aliphatic carbocycles. The van der Waals surface area contributed by atoms with Gasteiger partial charge in [0.15, 0.2) is 0 Å². The lowest BCUT2D eigenvalue weighted by molar-refractivity contribution is -0.122. The molecule has 2 fully saturated rings. The van der Waals surface area contributed by atoms with Gasteiger partial charge >= 0.3 is 0 Å². The van der Waals surface area contributed by atoms with Gasteiger partial charge in [-0.25, -0.2) is 0 Å². The predicted molar refractivity (Wildman–Crippen MR) is 72.8 cm³/mol. The summed E-state index contributed by atoms with van der Waals surface area (Å²) in [6, 6.07) is 8.45. The molecular formula is C15H17N3O. The first-order valence-corrected chi connectivity index (χ1v) is 6.76. The van der Waals surface area contributed by atoms with Gasteiger partial charge in [-0.2, -0.15) is 5.26 Å². The molecule has 0 radical (unpaired) electrons. The van der Waals surface area contributed by atoms with Gasteiger partial charge in [-0.15, -0.1) is 0 Å². The van der Waals surface area contributed by atoms with Gasteiger partial charge in [0.25, 0.3) is 0 Å². The molecule has 4 nitrogen and oxygen atoms in total. The molecule has 2 aliphatic heterocycles. The van der Waals surface area contributed by atoms with Gasteiger partial charge in [-0.1, -0.05) is 6.07 Å². The van der Waals surface area contributed by atoms with Crippen LogP contribution in [0, 0.1) is 24.2 Å². The molecule has 0 aromatic heterocycles. The van der Waals surface area contributed by atoms with Gasteiger partial charge < -0.3 is 10.2 Å². The Morgan fingerprint density at radius 1 is 1.47 bits per heavy atom. The Morgan fingerprint density at radius 3 is 3.11 bits per heavy atom. The van der Waals surface area contributed by atoms with Gasteiger partial charge in [0, 0.05) is 13.1 Å². The zero-order valence-corrected chi connectivity index (χ0v) is 11.0. The Labute approximate surface area is 113 Å². The zero-order valence-electron chi connectivity index (χ0n) is 11.0. The molecule has 0 saturated carbocycles. The predicted octanol–water partition coefficient (Wildman–Crippen LogP) is 1.58. The van der Waals surface area contributed by atoms with Crippen molar-refractivity contribution in [2.24, 2.45) is 5.92 Å². The Morgan fingerprint density at radius 2 is 2.32 bits per heavy atom. The van der Waals surface area contributed by atoms with E-state index >= 15 is 0 Å². The number of nitrogens with one attached hydrogen (secondary N) is 1. The number of anilines is 1. The van der Waals surface area contributed by atoms with Crippen LogP contribution >= 0.6 is 0 Å². The average molecular weight is 255 g/mol. The molecule has 1 aromatic carbocycles. The second kappa shape index (κ2) is 4.58. The van der Waals surface area contributed by atoms with E-state index in [0.29, 0.717) is 12.1 Å². The molecule has 2 atom stereocenters. The fraction of sp³-hybridized carbons (Fsp3) is 0.467. The molecule has 98 valence electrons. The number of nitriles is 1. The molecule has 2 heterocycles. The molecule has 1 amide bonds. The zero-order chi connectivity index (χ0) is 13.4. The van der Waals surface area contributed by atoms with Crippen LogP contribution in [0.15, 0.2) is 18.2 Å². The number of hydrogen-bond acceptors (Lipinski definition) is 3. The Bertz CT molecular complexity index is 561. The molecular weight excluding hydrogens is 238 g/mol. The summed E-state index contributed by atoms with van der Waals surface area (Å²) in [7, 11) is 0. The third-order valence-electron chi connectivity index (χ3n) is 4.18. The van der Waals surface area contributed by atoms with Crippen molar-refractivity contribution in [3.05, 3.63) is 29.3 Å². The number of amides is 1. The summed E-state index contributed by atoms with van der Waals surface area (Å²) >= 11 is 0. The molecule has 1 N–H and O–H groups in total. The van der Waals surface area contributed by atoms with Gasteiger partial charge in [0.2, 0.25) is 5.91 Å². The lowest BCUT2D eigenvalue weighted by Gasteiger charge is -2.38. The van der Waals surface area contributed by atoms with Crippen LogP contribution in [-0.2, 0) is 4.79 Å². The van der Waals surface area contributed by atoms with E-state index in [2.05, 4.69) is 16.3 Å². The van der Waals surface area contributed by atoms with Crippen LogP contribution < -0.4 is 10.2 Å². The minimum absolute atomic E-state index is 0.0848. The normalized spacial score (nSPS) is 25.7. The van der Waals surface area contributed by atoms with E-state index in [-0.39, 0.29) is 17.9 Å². The summed E-state index contributed by atoms with van der Waals surface area (Å²) < 4.78 is 0. The SMILES string of the molecule is Cc1ccc(N2CCCC3C(=O)NCC32)c(C#N)c1. The molecule has 1 aromatic rings. The molecule has 0 spiro atoms. The van der Waals surface area contributed by atoms with Crippen molar-refractivity contribution in [3.8, 4) is 6.07 Å². The highest BCUT2D eigenvalue weighted by atomic mass is 16.2. The van der Waals surface area contributed by atoms with Crippen LogP contribution in [0.4, 0.5) is 5.69 Å². The van der Waals surface area contributed by atoms with Crippen LogP contribution in [0.1, 0.15) is 24.0 Å². The Balaban J connectivity index is 1.98. The van der Waals surface area contributed by atoms with E-state index in [1.54, 1.807) is 0 Å². The van der Waals surface area contributed by atoms with Crippen molar-refractivity contribution in [2.45, 2.75) is 25.8 Å². The third kappa shape index (κ3) is 1.95. The summed E-state index contributed by atoms with van der Waals surface area (Å²) in [5.74, 6) is 0.252. The molecule has 2 aliphatic rings. The highest BCUT2D eigenvalue weighted by Gasteiger charge is 2.41. The van der Waals surface area contributed by atoms with E-state index in [0.717, 1.165) is 30.6 Å². The number of aryl methyl sites for hydroxylation is 1. The number of hydrogen-bond donors (Lipinski definition) is 1. The maximum Gasteiger partial charge on any atom is 0.225 e. The van der Waals surface area contributed by atoms with Gasteiger partial charge in [0.1, 0.15) is 6.07 Å². The number of carbonyl (C=O) groups is 1. The average Bonchev–Trinajstić information content (AvgIpc) is 2.81. The van der Waals surface area contributed by atoms with E-state index < -0.39 is 0 Å². The van der Waals surface area contributed by atoms with Crippen molar-refractivity contribution in [1.29, 1.82) is 5.26 Å². The number of nitrogens with zero attached hydrogens (tertiary/aromatic N) is 2. The second-order valence-corrected chi connectivity index (χ2v) is 5.39. The van der Waals surface area contributed by atoms with Gasteiger partial charge in [-0.3, -0.25) is 4.79 Å². The molecule has 2 unspecified atom stereocenters. The molecule has 0 bridgehead atoms. The van der Waals surface area contributed by atoms with E-state index in [1.165, 1.54) is 0 Å². The Hall–Kier alpha value is -2.02. The largest absolute Gasteiger partial charge is 0.365 e. The quantitative estimate of drug-likeness (QED) is 0.829. The standard InChI is InChI=1S/C15H17N3O/c1-10-4-5-13(11(7-10)8-16)18-6-2-3-12-14(18)9-17-15(12)19/h4-5,7,12,14H,2-3,6,9H2,1H3,(H,17,19). The van der Waals surface area contributed by atoms with Crippen molar-refractivity contribution < 1.29 is 4.79 Å². The monoisotopic (exact) mass is 255 g/mol. The maximum absolute atomic E-state index is 11.8. The molecule has 4 heteroatoms. The number of rotatable bonds is 1. The first kappa shape index (κ1) is 12.0. The van der Waals surface area contributed by atoms with Crippen LogP contribution in [0.2, 0.25) is 0 Å². The fourth-order valence-electron chi connectivity index (χ4n) is 3.24. The Kier molecular flexibility index (Phi) is 2.90. The fourth-order valence-corrected chi connectivity index (χ4v) is 3.24. The van der Waals surface area contributed by atoms with E-state index in [1.807, 2.05) is 25.1 Å². The summed E-state index contributed by atoms with van der Waals surface area (Å²) in [6.07, 6.45) is 1.97. The third-order valence-corrected chi connectivity index (χ3v) is 4.18. The van der Waals surface area contributed by atoms with Crippen LogP contribution in [0.25, 0.3) is 0 Å². The highest BCUT2D eigenvalue weighted by molar-refractivity contribution is 5.83. The minimum atomic E-state index is 0.0848. The van der Waals surface area contributed by atoms with E-state index in [9.17, 15) is 10.1 Å². The summed E-state index contributed by atoms with van der Waals surface area (Å²) in [4.78, 5) is 14.0. The lowest BCUT2D eigenvalue weighted by Crippen LogP contribution is -2.46. The van der Waals surface area contributed by atoms with Crippen LogP contribution in [0.3, 0.4) is 0 Å². The van der Waals surface area contributed by atoms with Crippen molar-refractivity contribution in [3.63, 3.8) is 0 Å². The van der Waals surface area contributed by atoms with Gasteiger partial charge in [0.05, 0.1) is 23.2 Å². The number of fused-ring (bicyclic) bond motifs is 1. The molecule has 2 saturated heterocycles. The highest BCUT2D eigenvalue weighted by Crippen LogP contribution is 2.33. The topological polar surface area (TPSA) is 56.1 Å². The maximum atomic E-state index is 11.8. The summed E-state index contributed by atoms with van der Waals surface area (Å²) in [5.41, 5.74) is 2.77. The first-order chi connectivity index (χ1) is 9.20. The second-order valence-electron chi connectivity index (χ2n) is 5.39. The van der Waals surface area contributed by atoms with Crippen molar-refractivity contribution >= 4 is 11.6 Å². The smallest absolute Gasteiger partial charge is 0.225 e. The number of benzene rings is 1. The molecule has 19 heavy (non-hydrogen) atoms.